The van der Waals surface area contributed by atoms with Gasteiger partial charge in [0.15, 0.2) is 43.5 Å². The molecule has 4 aliphatic carbocycles. The third-order valence-corrected chi connectivity index (χ3v) is 24.5. The van der Waals surface area contributed by atoms with E-state index < -0.39 is 169 Å². The summed E-state index contributed by atoms with van der Waals surface area (Å²) in [4.78, 5) is 104. The fourth-order valence-corrected chi connectivity index (χ4v) is 18.2. The Hall–Kier alpha value is -4.86. The van der Waals surface area contributed by atoms with E-state index in [2.05, 4.69) is 6.92 Å². The van der Waals surface area contributed by atoms with Crippen molar-refractivity contribution >= 4 is 47.8 Å². The van der Waals surface area contributed by atoms with Gasteiger partial charge in [-0.3, -0.25) is 38.4 Å². The van der Waals surface area contributed by atoms with Gasteiger partial charge in [-0.25, -0.2) is 0 Å². The second-order valence-corrected chi connectivity index (χ2v) is 30.8. The summed E-state index contributed by atoms with van der Waals surface area (Å²) in [6.45, 7) is 35.5. The number of fused-ring (bicyclic) bond motifs is 3. The molecular formula is C72H110O25. The second-order valence-electron chi connectivity index (χ2n) is 30.8. The van der Waals surface area contributed by atoms with E-state index in [9.17, 15) is 33.6 Å². The maximum absolute atomic E-state index is 15.6. The number of hydrogen-bond acceptors (Lipinski definition) is 25. The monoisotopic (exact) mass is 1370 g/mol. The first-order chi connectivity index (χ1) is 45.5. The number of esters is 8. The normalized spacial score (nSPS) is 44.8. The third kappa shape index (κ3) is 16.1. The van der Waals surface area contributed by atoms with Gasteiger partial charge in [-0.05, 0) is 116 Å². The van der Waals surface area contributed by atoms with Gasteiger partial charge < -0.3 is 80.5 Å². The molecule has 9 rings (SSSR count). The molecule has 25 heteroatoms. The van der Waals surface area contributed by atoms with Crippen LogP contribution in [0.4, 0.5) is 0 Å². The summed E-state index contributed by atoms with van der Waals surface area (Å²) in [6.07, 6.45) is -9.52. The Morgan fingerprint density at radius 2 is 0.856 bits per heavy atom. The van der Waals surface area contributed by atoms with Crippen LogP contribution < -0.4 is 0 Å². The molecule has 5 aliphatic heterocycles. The van der Waals surface area contributed by atoms with Crippen LogP contribution >= 0.6 is 0 Å². The summed E-state index contributed by atoms with van der Waals surface area (Å²) in [5, 5.41) is 0. The highest BCUT2D eigenvalue weighted by atomic mass is 16.8. The lowest BCUT2D eigenvalue weighted by Gasteiger charge is -2.64. The predicted molar refractivity (Wildman–Crippen MR) is 341 cm³/mol. The Kier molecular flexibility index (Phi) is 24.2. The SMILES string of the molecule is C=C1C[C@@]23CCC4[C@](C)(C(=O)OC5OC(COC(C)=O)[C@@H](C)[C@H](C)[C@@H]5OC5OC[C@@H](C)[C@H](C)[C@@H]5OC(C)=O)CCC[C@@]4(C)[C@@H]2CCC1(O[C@@H]1OC(COC(C)=O)[C@@H](C)[C@H](OC2OC(COC(C)=O)[C@@H](C)[C@H](C)[C@@H]2OC(C)=O)C1OC1OC(COC(C)=O)[C@@H](C)[C@H](C)[C@@H]1OC(C)=O)C3. The molecule has 9 aliphatic rings. The largest absolute Gasteiger partial charge is 0.463 e. The highest BCUT2D eigenvalue weighted by Gasteiger charge is 2.70. The molecule has 5 saturated heterocycles. The van der Waals surface area contributed by atoms with E-state index >= 15 is 4.79 Å². The Morgan fingerprint density at radius 3 is 1.34 bits per heavy atom. The molecule has 5 heterocycles. The van der Waals surface area contributed by atoms with Gasteiger partial charge in [0, 0.05) is 72.1 Å². The molecule has 1 spiro atoms. The van der Waals surface area contributed by atoms with E-state index in [1.54, 1.807) is 0 Å². The Bertz CT molecular complexity index is 2860. The zero-order valence-electron chi connectivity index (χ0n) is 60.3. The van der Waals surface area contributed by atoms with Crippen LogP contribution in [-0.4, -0.2) is 179 Å². The first kappa shape index (κ1) is 76.3. The molecule has 0 aromatic carbocycles. The van der Waals surface area contributed by atoms with E-state index in [1.807, 2.05) is 69.2 Å². The van der Waals surface area contributed by atoms with Crippen LogP contribution in [0, 0.1) is 81.3 Å². The molecule has 9 fully saturated rings. The molecule has 25 nitrogen and oxygen atoms in total. The highest BCUT2D eigenvalue weighted by Crippen LogP contribution is 2.74. The van der Waals surface area contributed by atoms with Gasteiger partial charge in [0.1, 0.15) is 44.7 Å². The minimum absolute atomic E-state index is 0.0613. The summed E-state index contributed by atoms with van der Waals surface area (Å²) in [7, 11) is 0. The number of carbonyl (C=O) groups excluding carboxylic acids is 8. The van der Waals surface area contributed by atoms with E-state index in [-0.39, 0.29) is 84.6 Å². The van der Waals surface area contributed by atoms with Gasteiger partial charge in [0.25, 0.3) is 0 Å². The van der Waals surface area contributed by atoms with Crippen LogP contribution in [0.25, 0.3) is 0 Å². The number of hydrogen-bond donors (Lipinski definition) is 0. The fourth-order valence-electron chi connectivity index (χ4n) is 18.2. The number of ether oxygens (including phenoxy) is 17. The van der Waals surface area contributed by atoms with Crippen molar-refractivity contribution in [3.63, 3.8) is 0 Å². The van der Waals surface area contributed by atoms with Crippen LogP contribution in [0.1, 0.15) is 182 Å². The Morgan fingerprint density at radius 1 is 0.433 bits per heavy atom. The first-order valence-electron chi connectivity index (χ1n) is 35.4. The fraction of sp³-hybridized carbons (Fsp3) is 0.861. The maximum atomic E-state index is 15.6. The van der Waals surface area contributed by atoms with Crippen molar-refractivity contribution in [2.75, 3.05) is 33.0 Å². The second kappa shape index (κ2) is 30.8. The molecule has 97 heavy (non-hydrogen) atoms. The highest BCUT2D eigenvalue weighted by molar-refractivity contribution is 5.77. The van der Waals surface area contributed by atoms with Crippen molar-refractivity contribution in [3.8, 4) is 0 Å². The average Bonchev–Trinajstić information content (AvgIpc) is 1.62. The molecule has 0 aromatic rings. The standard InChI is InChI=1S/C72H110O25/c1-34-28-85-63(58(36(34)3)86-48(15)77)94-61-42(9)39(6)53(31-83-46(13)75)91-66(61)96-68(80)70(19)24-20-23-69(18)55(70)21-25-71-27-35(2)72(33-71,26-22-56(69)71)97-67-62(95-65-60(88-50(17)79)41(8)38(5)52(90-65)30-82-45(12)74)57(43(10)54(92-67)32-84-47(14)76)93-64-59(87-49(16)78)40(7)37(4)51(89-64)29-81-44(11)73/h34,36-43,51-67H,2,20-33H2,1,3-19H3/t34-,36+,37+,38+,39+,40+,41+,42+,43-,51?,52?,53?,54?,55?,56+,57+,58+,59+,60+,61+,62?,63?,64?,65?,66?,67+,69-,70-,71-,72?/m1/s1. The van der Waals surface area contributed by atoms with Gasteiger partial charge in [0.05, 0.1) is 42.0 Å². The molecule has 0 N–H and O–H groups in total. The summed E-state index contributed by atoms with van der Waals surface area (Å²) >= 11 is 0. The minimum atomic E-state index is -1.37. The van der Waals surface area contributed by atoms with Crippen molar-refractivity contribution in [2.24, 2.45) is 81.3 Å². The first-order valence-corrected chi connectivity index (χ1v) is 35.4. The lowest BCUT2D eigenvalue weighted by Crippen LogP contribution is -2.65. The molecule has 0 radical (unpaired) electrons. The zero-order valence-corrected chi connectivity index (χ0v) is 60.3. The van der Waals surface area contributed by atoms with Gasteiger partial charge >= 0.3 is 47.8 Å². The minimum Gasteiger partial charge on any atom is -0.463 e. The maximum Gasteiger partial charge on any atom is 0.314 e. The van der Waals surface area contributed by atoms with Crippen molar-refractivity contribution in [1.82, 2.24) is 0 Å². The number of rotatable bonds is 21. The molecule has 30 atom stereocenters. The van der Waals surface area contributed by atoms with Gasteiger partial charge in [-0.15, -0.1) is 0 Å². The number of carbonyl (C=O) groups is 8. The van der Waals surface area contributed by atoms with Crippen LogP contribution in [0.3, 0.4) is 0 Å². The molecule has 0 amide bonds. The summed E-state index contributed by atoms with van der Waals surface area (Å²) in [5.41, 5.74) is -1.93. The van der Waals surface area contributed by atoms with Crippen LogP contribution in [0.2, 0.25) is 0 Å². The molecule has 548 valence electrons. The third-order valence-electron chi connectivity index (χ3n) is 24.5. The lowest BCUT2D eigenvalue weighted by atomic mass is 9.41. The molecule has 11 unspecified atom stereocenters. The molecular weight excluding hydrogens is 1260 g/mol. The van der Waals surface area contributed by atoms with E-state index in [1.165, 1.54) is 48.5 Å². The van der Waals surface area contributed by atoms with Crippen LogP contribution in [0.5, 0.6) is 0 Å². The topological polar surface area (TPSA) is 293 Å². The van der Waals surface area contributed by atoms with Crippen LogP contribution in [-0.2, 0) is 119 Å². The van der Waals surface area contributed by atoms with E-state index in [0.717, 1.165) is 18.4 Å². The summed E-state index contributed by atoms with van der Waals surface area (Å²) < 4.78 is 109. The molecule has 0 aromatic heterocycles. The van der Waals surface area contributed by atoms with Crippen molar-refractivity contribution in [3.05, 3.63) is 12.2 Å². The summed E-state index contributed by atoms with van der Waals surface area (Å²) in [5.74, 6) is -7.00. The quantitative estimate of drug-likeness (QED) is 0.0448. The van der Waals surface area contributed by atoms with Gasteiger partial charge in [-0.2, -0.15) is 0 Å². The lowest BCUT2D eigenvalue weighted by molar-refractivity contribution is -0.389. The molecule has 4 saturated carbocycles. The Labute approximate surface area is 571 Å². The average molecular weight is 1380 g/mol. The van der Waals surface area contributed by atoms with Gasteiger partial charge in [-0.1, -0.05) is 82.2 Å². The van der Waals surface area contributed by atoms with Crippen molar-refractivity contribution in [1.29, 1.82) is 0 Å². The van der Waals surface area contributed by atoms with E-state index in [0.29, 0.717) is 51.6 Å². The zero-order chi connectivity index (χ0) is 71.1. The summed E-state index contributed by atoms with van der Waals surface area (Å²) in [6, 6.07) is 0. The predicted octanol–water partition coefficient (Wildman–Crippen LogP) is 8.82. The van der Waals surface area contributed by atoms with E-state index in [4.69, 9.17) is 87.1 Å². The smallest absolute Gasteiger partial charge is 0.314 e. The molecule has 2 bridgehead atoms. The van der Waals surface area contributed by atoms with Crippen molar-refractivity contribution in [2.45, 2.75) is 281 Å². The Balaban J connectivity index is 1.04. The van der Waals surface area contributed by atoms with Gasteiger partial charge in [0.2, 0.25) is 6.29 Å². The van der Waals surface area contributed by atoms with Crippen LogP contribution in [0.15, 0.2) is 12.2 Å². The van der Waals surface area contributed by atoms with Crippen molar-refractivity contribution < 1.29 is 119 Å².